The van der Waals surface area contributed by atoms with Crippen LogP contribution < -0.4 is 15.4 Å². The molecule has 0 heterocycles. The van der Waals surface area contributed by atoms with Crippen LogP contribution >= 0.6 is 0 Å². The van der Waals surface area contributed by atoms with Gasteiger partial charge >= 0.3 is 0 Å². The second-order valence-corrected chi connectivity index (χ2v) is 6.20. The molecule has 0 fully saturated rings. The molecule has 2 amide bonds. The van der Waals surface area contributed by atoms with Gasteiger partial charge in [0, 0.05) is 12.1 Å². The number of carbonyl (C=O) groups is 2. The number of nitrogens with one attached hydrogen (secondary N) is 2. The largest absolute Gasteiger partial charge is 0.496 e. The summed E-state index contributed by atoms with van der Waals surface area (Å²) in [5.41, 5.74) is 0.738. The van der Waals surface area contributed by atoms with Gasteiger partial charge < -0.3 is 15.4 Å². The molecule has 0 radical (unpaired) electrons. The standard InChI is InChI=1S/C20H23FN2O3/c1-13(2)18(23-19(24)15-9-5-6-10-16(15)21)20(25)22-12-14-8-4-7-11-17(14)26-3/h4-11,13,18H,12H2,1-3H3,(H,22,25)(H,23,24)/t18-/m1/s1. The van der Waals surface area contributed by atoms with Crippen molar-refractivity contribution in [2.75, 3.05) is 7.11 Å². The van der Waals surface area contributed by atoms with E-state index in [4.69, 9.17) is 4.74 Å². The zero-order valence-electron chi connectivity index (χ0n) is 15.1. The molecular weight excluding hydrogens is 335 g/mol. The molecule has 2 N–H and O–H groups in total. The molecule has 0 spiro atoms. The van der Waals surface area contributed by atoms with Crippen LogP contribution in [0, 0.1) is 11.7 Å². The number of hydrogen-bond donors (Lipinski definition) is 2. The summed E-state index contributed by atoms with van der Waals surface area (Å²) in [4.78, 5) is 24.9. The van der Waals surface area contributed by atoms with Crippen LogP contribution in [-0.2, 0) is 11.3 Å². The third-order valence-corrected chi connectivity index (χ3v) is 4.00. The van der Waals surface area contributed by atoms with E-state index in [1.54, 1.807) is 19.2 Å². The van der Waals surface area contributed by atoms with E-state index in [9.17, 15) is 14.0 Å². The molecule has 0 saturated carbocycles. The van der Waals surface area contributed by atoms with Crippen molar-refractivity contribution in [1.29, 1.82) is 0 Å². The maximum absolute atomic E-state index is 13.8. The van der Waals surface area contributed by atoms with E-state index in [1.165, 1.54) is 18.2 Å². The second kappa shape index (κ2) is 8.99. The van der Waals surface area contributed by atoms with Gasteiger partial charge in [-0.1, -0.05) is 44.2 Å². The van der Waals surface area contributed by atoms with Gasteiger partial charge in [-0.05, 0) is 24.1 Å². The lowest BCUT2D eigenvalue weighted by Gasteiger charge is -2.22. The fourth-order valence-electron chi connectivity index (χ4n) is 2.54. The molecule has 0 saturated heterocycles. The lowest BCUT2D eigenvalue weighted by atomic mass is 10.0. The third-order valence-electron chi connectivity index (χ3n) is 4.00. The normalized spacial score (nSPS) is 11.7. The number of rotatable bonds is 7. The van der Waals surface area contributed by atoms with Gasteiger partial charge in [0.05, 0.1) is 12.7 Å². The summed E-state index contributed by atoms with van der Waals surface area (Å²) in [6, 6.07) is 12.2. The molecule has 0 aliphatic rings. The van der Waals surface area contributed by atoms with E-state index in [1.807, 2.05) is 32.0 Å². The first-order valence-electron chi connectivity index (χ1n) is 8.39. The second-order valence-electron chi connectivity index (χ2n) is 6.20. The van der Waals surface area contributed by atoms with Crippen LogP contribution in [0.2, 0.25) is 0 Å². The van der Waals surface area contributed by atoms with Gasteiger partial charge in [0.2, 0.25) is 5.91 Å². The third kappa shape index (κ3) is 4.81. The first-order chi connectivity index (χ1) is 12.4. The summed E-state index contributed by atoms with van der Waals surface area (Å²) in [6.07, 6.45) is 0. The molecule has 138 valence electrons. The smallest absolute Gasteiger partial charge is 0.254 e. The van der Waals surface area contributed by atoms with E-state index in [2.05, 4.69) is 10.6 Å². The van der Waals surface area contributed by atoms with Crippen molar-refractivity contribution in [3.8, 4) is 5.75 Å². The lowest BCUT2D eigenvalue weighted by molar-refractivity contribution is -0.124. The van der Waals surface area contributed by atoms with Crippen molar-refractivity contribution in [3.05, 3.63) is 65.5 Å². The quantitative estimate of drug-likeness (QED) is 0.800. The molecule has 1 atom stereocenters. The minimum absolute atomic E-state index is 0.0873. The number of carbonyl (C=O) groups excluding carboxylic acids is 2. The number of methoxy groups -OCH3 is 1. The molecule has 2 rings (SSSR count). The number of hydrogen-bond acceptors (Lipinski definition) is 3. The minimum Gasteiger partial charge on any atom is -0.496 e. The molecule has 2 aromatic carbocycles. The SMILES string of the molecule is COc1ccccc1CNC(=O)[C@H](NC(=O)c1ccccc1F)C(C)C. The Morgan fingerprint density at radius 2 is 1.73 bits per heavy atom. The number of halogens is 1. The van der Waals surface area contributed by atoms with E-state index in [-0.39, 0.29) is 23.9 Å². The molecule has 0 aromatic heterocycles. The van der Waals surface area contributed by atoms with Crippen LogP contribution in [-0.4, -0.2) is 25.0 Å². The van der Waals surface area contributed by atoms with Crippen LogP contribution in [0.25, 0.3) is 0 Å². The summed E-state index contributed by atoms with van der Waals surface area (Å²) in [5.74, 6) is -1.07. The Morgan fingerprint density at radius 1 is 1.08 bits per heavy atom. The van der Waals surface area contributed by atoms with Crippen molar-refractivity contribution in [3.63, 3.8) is 0 Å². The fraction of sp³-hybridized carbons (Fsp3) is 0.300. The average molecular weight is 358 g/mol. The van der Waals surface area contributed by atoms with Crippen LogP contribution in [0.4, 0.5) is 4.39 Å². The van der Waals surface area contributed by atoms with E-state index in [0.29, 0.717) is 5.75 Å². The molecule has 0 aliphatic carbocycles. The van der Waals surface area contributed by atoms with Crippen LogP contribution in [0.5, 0.6) is 5.75 Å². The maximum Gasteiger partial charge on any atom is 0.254 e. The summed E-state index contributed by atoms with van der Waals surface area (Å²) in [6.45, 7) is 3.89. The first-order valence-corrected chi connectivity index (χ1v) is 8.39. The topological polar surface area (TPSA) is 67.4 Å². The van der Waals surface area contributed by atoms with E-state index >= 15 is 0 Å². The average Bonchev–Trinajstić information content (AvgIpc) is 2.64. The lowest BCUT2D eigenvalue weighted by Crippen LogP contribution is -2.49. The van der Waals surface area contributed by atoms with Gasteiger partial charge in [-0.3, -0.25) is 9.59 Å². The summed E-state index contributed by atoms with van der Waals surface area (Å²) < 4.78 is 19.0. The molecule has 6 heteroatoms. The van der Waals surface area contributed by atoms with Crippen molar-refractivity contribution in [2.24, 2.45) is 5.92 Å². The molecule has 0 unspecified atom stereocenters. The highest BCUT2D eigenvalue weighted by Gasteiger charge is 2.25. The van der Waals surface area contributed by atoms with Gasteiger partial charge in [-0.15, -0.1) is 0 Å². The Labute approximate surface area is 152 Å². The molecule has 5 nitrogen and oxygen atoms in total. The van der Waals surface area contributed by atoms with Gasteiger partial charge in [0.25, 0.3) is 5.91 Å². The molecule has 2 aromatic rings. The number of amides is 2. The molecule has 0 aliphatic heterocycles. The predicted octanol–water partition coefficient (Wildman–Crippen LogP) is 2.91. The number of ether oxygens (including phenoxy) is 1. The monoisotopic (exact) mass is 358 g/mol. The Hall–Kier alpha value is -2.89. The molecular formula is C20H23FN2O3. The Bertz CT molecular complexity index is 777. The Kier molecular flexibility index (Phi) is 6.72. The Morgan fingerprint density at radius 3 is 2.38 bits per heavy atom. The predicted molar refractivity (Wildman–Crippen MR) is 97.3 cm³/mol. The zero-order chi connectivity index (χ0) is 19.1. The highest BCUT2D eigenvalue weighted by Crippen LogP contribution is 2.17. The highest BCUT2D eigenvalue weighted by atomic mass is 19.1. The van der Waals surface area contributed by atoms with E-state index < -0.39 is 17.8 Å². The van der Waals surface area contributed by atoms with Crippen molar-refractivity contribution < 1.29 is 18.7 Å². The van der Waals surface area contributed by atoms with Crippen LogP contribution in [0.3, 0.4) is 0 Å². The minimum atomic E-state index is -0.781. The van der Waals surface area contributed by atoms with Crippen LogP contribution in [0.15, 0.2) is 48.5 Å². The Balaban J connectivity index is 2.05. The maximum atomic E-state index is 13.8. The number of para-hydroxylation sites is 1. The molecule has 0 bridgehead atoms. The van der Waals surface area contributed by atoms with Gasteiger partial charge in [-0.25, -0.2) is 4.39 Å². The summed E-state index contributed by atoms with van der Waals surface area (Å²) in [7, 11) is 1.56. The van der Waals surface area contributed by atoms with Crippen LogP contribution in [0.1, 0.15) is 29.8 Å². The molecule has 26 heavy (non-hydrogen) atoms. The highest BCUT2D eigenvalue weighted by molar-refractivity contribution is 5.97. The van der Waals surface area contributed by atoms with Crippen molar-refractivity contribution >= 4 is 11.8 Å². The summed E-state index contributed by atoms with van der Waals surface area (Å²) in [5, 5.41) is 5.42. The van der Waals surface area contributed by atoms with Gasteiger partial charge in [-0.2, -0.15) is 0 Å². The zero-order valence-corrected chi connectivity index (χ0v) is 15.1. The van der Waals surface area contributed by atoms with E-state index in [0.717, 1.165) is 5.56 Å². The van der Waals surface area contributed by atoms with Crippen molar-refractivity contribution in [1.82, 2.24) is 10.6 Å². The number of benzene rings is 2. The van der Waals surface area contributed by atoms with Gasteiger partial charge in [0.1, 0.15) is 17.6 Å². The van der Waals surface area contributed by atoms with Gasteiger partial charge in [0.15, 0.2) is 0 Å². The summed E-state index contributed by atoms with van der Waals surface area (Å²) >= 11 is 0. The van der Waals surface area contributed by atoms with Crippen molar-refractivity contribution in [2.45, 2.75) is 26.4 Å². The fourth-order valence-corrected chi connectivity index (χ4v) is 2.54. The first kappa shape index (κ1) is 19.4.